The predicted molar refractivity (Wildman–Crippen MR) is 120 cm³/mol. The zero-order chi connectivity index (χ0) is 23.3. The maximum absolute atomic E-state index is 12.8. The summed E-state index contributed by atoms with van der Waals surface area (Å²) < 4.78 is 25.7. The van der Waals surface area contributed by atoms with Gasteiger partial charge in [-0.3, -0.25) is 0 Å². The van der Waals surface area contributed by atoms with E-state index < -0.39 is 13.0 Å². The van der Waals surface area contributed by atoms with Crippen LogP contribution in [0.2, 0.25) is 0 Å². The number of aromatic nitrogens is 2. The molecular weight excluding hydrogens is 418 g/mol. The van der Waals surface area contributed by atoms with E-state index in [1.807, 2.05) is 31.2 Å². The normalized spacial score (nSPS) is 16.0. The van der Waals surface area contributed by atoms with E-state index in [4.69, 9.17) is 4.84 Å². The standard InChI is InChI=1S/C22H30F2N6O2/c1-16(26-22(31)28(2)3)17-7-9-18(10-8-17)32-30(13-5-6-14-30)20-11-12-25-21(27-20)29(4)15-19(23)24/h7-12,16,19H,5-6,13-15H2,1-4H3/p+1/t16-/m0/s1. The molecule has 1 N–H and O–H groups in total. The molecule has 2 aromatic rings. The molecule has 0 aliphatic carbocycles. The second-order valence-electron chi connectivity index (χ2n) is 8.26. The summed E-state index contributed by atoms with van der Waals surface area (Å²) in [5, 5.41) is 2.92. The van der Waals surface area contributed by atoms with Crippen molar-refractivity contribution in [1.82, 2.24) is 24.8 Å². The highest BCUT2D eigenvalue weighted by molar-refractivity contribution is 5.74. The van der Waals surface area contributed by atoms with E-state index in [-0.39, 0.29) is 22.7 Å². The molecule has 1 atom stereocenters. The Hall–Kier alpha value is -3.01. The summed E-state index contributed by atoms with van der Waals surface area (Å²) in [6.45, 7) is 2.94. The Labute approximate surface area is 187 Å². The van der Waals surface area contributed by atoms with Crippen LogP contribution >= 0.6 is 0 Å². The largest absolute Gasteiger partial charge is 0.338 e. The Morgan fingerprint density at radius 3 is 2.41 bits per heavy atom. The van der Waals surface area contributed by atoms with Crippen molar-refractivity contribution in [2.45, 2.75) is 32.2 Å². The molecule has 2 amide bonds. The van der Waals surface area contributed by atoms with Crippen molar-refractivity contribution >= 4 is 17.8 Å². The molecule has 1 saturated heterocycles. The number of carbonyl (C=O) groups is 1. The van der Waals surface area contributed by atoms with Gasteiger partial charge in [-0.05, 0) is 24.6 Å². The molecule has 0 unspecified atom stereocenters. The average Bonchev–Trinajstić information content (AvgIpc) is 3.23. The van der Waals surface area contributed by atoms with E-state index in [0.717, 1.165) is 31.5 Å². The van der Waals surface area contributed by atoms with E-state index in [1.54, 1.807) is 33.4 Å². The number of anilines is 1. The van der Waals surface area contributed by atoms with Gasteiger partial charge in [-0.2, -0.15) is 4.98 Å². The summed E-state index contributed by atoms with van der Waals surface area (Å²) in [6.07, 6.45) is 1.05. The van der Waals surface area contributed by atoms with E-state index in [1.165, 1.54) is 9.80 Å². The van der Waals surface area contributed by atoms with Crippen molar-refractivity contribution in [3.8, 4) is 5.75 Å². The first-order chi connectivity index (χ1) is 15.2. The number of quaternary nitrogens is 1. The predicted octanol–water partition coefficient (Wildman–Crippen LogP) is 3.61. The second-order valence-corrected chi connectivity index (χ2v) is 8.26. The van der Waals surface area contributed by atoms with Crippen molar-refractivity contribution in [1.29, 1.82) is 0 Å². The van der Waals surface area contributed by atoms with Crippen LogP contribution in [0, 0.1) is 0 Å². The summed E-state index contributed by atoms with van der Waals surface area (Å²) in [7, 11) is 4.94. The third kappa shape index (κ3) is 5.61. The maximum Gasteiger partial charge on any atom is 0.317 e. The van der Waals surface area contributed by atoms with E-state index in [9.17, 15) is 13.6 Å². The van der Waals surface area contributed by atoms with Gasteiger partial charge in [-0.1, -0.05) is 16.8 Å². The fourth-order valence-corrected chi connectivity index (χ4v) is 3.67. The summed E-state index contributed by atoms with van der Waals surface area (Å²) in [4.78, 5) is 29.8. The Kier molecular flexibility index (Phi) is 7.44. The van der Waals surface area contributed by atoms with Gasteiger partial charge in [0.1, 0.15) is 13.1 Å². The topological polar surface area (TPSA) is 70.6 Å². The number of amides is 2. The van der Waals surface area contributed by atoms with Gasteiger partial charge in [0.05, 0.1) is 12.6 Å². The number of carbonyl (C=O) groups excluding carboxylic acids is 1. The Morgan fingerprint density at radius 2 is 1.81 bits per heavy atom. The molecule has 1 aliphatic rings. The zero-order valence-electron chi connectivity index (χ0n) is 19.0. The van der Waals surface area contributed by atoms with E-state index in [2.05, 4.69) is 15.3 Å². The molecule has 0 bridgehead atoms. The molecule has 0 spiro atoms. The van der Waals surface area contributed by atoms with Crippen LogP contribution < -0.4 is 19.7 Å². The number of benzene rings is 1. The van der Waals surface area contributed by atoms with Crippen LogP contribution in [0.4, 0.5) is 25.3 Å². The number of urea groups is 1. The van der Waals surface area contributed by atoms with Crippen LogP contribution in [0.5, 0.6) is 5.75 Å². The number of hydrogen-bond acceptors (Lipinski definition) is 5. The minimum absolute atomic E-state index is 0.149. The molecule has 1 fully saturated rings. The average molecular weight is 450 g/mol. The van der Waals surface area contributed by atoms with Crippen LogP contribution in [-0.2, 0) is 0 Å². The molecule has 8 nitrogen and oxygen atoms in total. The van der Waals surface area contributed by atoms with Gasteiger partial charge < -0.3 is 20.0 Å². The van der Waals surface area contributed by atoms with Crippen LogP contribution in [0.3, 0.4) is 0 Å². The lowest BCUT2D eigenvalue weighted by Gasteiger charge is -2.30. The number of alkyl halides is 2. The first-order valence-corrected chi connectivity index (χ1v) is 10.7. The zero-order valence-corrected chi connectivity index (χ0v) is 19.0. The molecule has 0 saturated carbocycles. The van der Waals surface area contributed by atoms with Crippen LogP contribution in [-0.4, -0.2) is 68.1 Å². The SMILES string of the molecule is C[C@H](NC(=O)N(C)C)c1ccc(O[N+]2(c3ccnc(N(C)CC(F)F)n3)CCCC2)cc1. The summed E-state index contributed by atoms with van der Waals surface area (Å²) in [5.74, 6) is 1.56. The molecule has 32 heavy (non-hydrogen) atoms. The van der Waals surface area contributed by atoms with Crippen molar-refractivity contribution in [3.63, 3.8) is 0 Å². The number of nitrogens with one attached hydrogen (secondary N) is 1. The van der Waals surface area contributed by atoms with Crippen LogP contribution in [0.15, 0.2) is 36.5 Å². The van der Waals surface area contributed by atoms with Gasteiger partial charge in [0.25, 0.3) is 12.2 Å². The molecule has 1 aromatic carbocycles. The van der Waals surface area contributed by atoms with Crippen molar-refractivity contribution in [2.75, 3.05) is 45.7 Å². The molecule has 174 valence electrons. The van der Waals surface area contributed by atoms with Gasteiger partial charge in [-0.15, -0.1) is 0 Å². The fraction of sp³-hybridized carbons (Fsp3) is 0.500. The monoisotopic (exact) mass is 449 g/mol. The Balaban J connectivity index is 1.78. The highest BCUT2D eigenvalue weighted by Crippen LogP contribution is 2.31. The van der Waals surface area contributed by atoms with Gasteiger partial charge in [0.15, 0.2) is 5.75 Å². The van der Waals surface area contributed by atoms with E-state index in [0.29, 0.717) is 11.6 Å². The summed E-state index contributed by atoms with van der Waals surface area (Å²) >= 11 is 0. The second kappa shape index (κ2) is 10.1. The van der Waals surface area contributed by atoms with Gasteiger partial charge in [0.2, 0.25) is 5.95 Å². The number of nitrogens with zero attached hydrogens (tertiary/aromatic N) is 5. The van der Waals surface area contributed by atoms with Crippen molar-refractivity contribution in [3.05, 3.63) is 42.1 Å². The smallest absolute Gasteiger partial charge is 0.317 e. The molecule has 3 rings (SSSR count). The number of halogens is 2. The quantitative estimate of drug-likeness (QED) is 0.624. The Morgan fingerprint density at radius 1 is 1.16 bits per heavy atom. The minimum Gasteiger partial charge on any atom is -0.338 e. The van der Waals surface area contributed by atoms with Crippen LogP contribution in [0.25, 0.3) is 0 Å². The third-order valence-corrected chi connectivity index (χ3v) is 5.49. The summed E-state index contributed by atoms with van der Waals surface area (Å²) in [5.41, 5.74) is 0.957. The number of hydrogen-bond donors (Lipinski definition) is 1. The minimum atomic E-state index is -2.47. The first-order valence-electron chi connectivity index (χ1n) is 10.7. The molecule has 10 heteroatoms. The van der Waals surface area contributed by atoms with Gasteiger partial charge in [0, 0.05) is 46.2 Å². The van der Waals surface area contributed by atoms with Crippen molar-refractivity contribution < 1.29 is 18.4 Å². The number of rotatable bonds is 8. The molecule has 2 heterocycles. The Bertz CT molecular complexity index is 904. The lowest BCUT2D eigenvalue weighted by molar-refractivity contribution is -0.0292. The van der Waals surface area contributed by atoms with Gasteiger partial charge >= 0.3 is 6.03 Å². The molecule has 1 aliphatic heterocycles. The fourth-order valence-electron chi connectivity index (χ4n) is 3.67. The number of hydroxylamine groups is 2. The highest BCUT2D eigenvalue weighted by atomic mass is 19.3. The van der Waals surface area contributed by atoms with Gasteiger partial charge in [-0.25, -0.2) is 18.6 Å². The molecule has 1 aromatic heterocycles. The lowest BCUT2D eigenvalue weighted by atomic mass is 10.1. The van der Waals surface area contributed by atoms with E-state index >= 15 is 0 Å². The highest BCUT2D eigenvalue weighted by Gasteiger charge is 2.40. The third-order valence-electron chi connectivity index (χ3n) is 5.49. The van der Waals surface area contributed by atoms with Crippen molar-refractivity contribution in [2.24, 2.45) is 0 Å². The first kappa shape index (κ1) is 23.6. The maximum atomic E-state index is 12.8. The molecular formula is C22H31F2N6O2+. The lowest BCUT2D eigenvalue weighted by Crippen LogP contribution is -2.50. The van der Waals surface area contributed by atoms with Crippen LogP contribution in [0.1, 0.15) is 31.4 Å². The molecule has 0 radical (unpaired) electrons. The summed E-state index contributed by atoms with van der Waals surface area (Å²) in [6, 6.07) is 9.06.